The lowest BCUT2D eigenvalue weighted by Gasteiger charge is -2.16. The van der Waals surface area contributed by atoms with Gasteiger partial charge in [0, 0.05) is 31.1 Å². The van der Waals surface area contributed by atoms with Crippen molar-refractivity contribution in [3.8, 4) is 17.2 Å². The molecule has 222 valence electrons. The lowest BCUT2D eigenvalue weighted by atomic mass is 10.1. The molecule has 0 aliphatic heterocycles. The van der Waals surface area contributed by atoms with Crippen LogP contribution in [0.1, 0.15) is 15.9 Å². The van der Waals surface area contributed by atoms with Gasteiger partial charge in [0.2, 0.25) is 11.7 Å². The van der Waals surface area contributed by atoms with Gasteiger partial charge in [-0.25, -0.2) is 12.4 Å². The van der Waals surface area contributed by atoms with Gasteiger partial charge in [-0.3, -0.25) is 4.79 Å². The summed E-state index contributed by atoms with van der Waals surface area (Å²) in [5, 5.41) is 9.36. The van der Waals surface area contributed by atoms with Crippen LogP contribution in [0.5, 0.6) is 17.2 Å². The Kier molecular flexibility index (Phi) is 8.08. The van der Waals surface area contributed by atoms with E-state index in [1.54, 1.807) is 66.7 Å². The molecule has 0 atom stereocenters. The molecular formula is C30H30N6O6S. The number of anilines is 4. The van der Waals surface area contributed by atoms with Crippen LogP contribution in [0.15, 0.2) is 77.8 Å². The van der Waals surface area contributed by atoms with Crippen LogP contribution in [0.2, 0.25) is 0 Å². The summed E-state index contributed by atoms with van der Waals surface area (Å²) in [5.74, 6) is 1.24. The van der Waals surface area contributed by atoms with E-state index in [4.69, 9.17) is 14.2 Å². The quantitative estimate of drug-likeness (QED) is 0.203. The summed E-state index contributed by atoms with van der Waals surface area (Å²) < 4.78 is 44.9. The Balaban J connectivity index is 1.69. The Morgan fingerprint density at radius 3 is 2.16 bits per heavy atom. The van der Waals surface area contributed by atoms with Gasteiger partial charge in [0.15, 0.2) is 17.1 Å². The lowest BCUT2D eigenvalue weighted by Crippen LogP contribution is -2.19. The molecule has 0 aliphatic carbocycles. The summed E-state index contributed by atoms with van der Waals surface area (Å²) in [6.45, 7) is 1.88. The third-order valence-corrected chi connectivity index (χ3v) is 8.34. The average molecular weight is 603 g/mol. The molecule has 0 saturated heterocycles. The van der Waals surface area contributed by atoms with Crippen LogP contribution in [0, 0.1) is 6.92 Å². The zero-order chi connectivity index (χ0) is 30.7. The highest BCUT2D eigenvalue weighted by atomic mass is 32.2. The minimum atomic E-state index is -4.02. The number of hydrogen-bond acceptors (Lipinski definition) is 10. The van der Waals surface area contributed by atoms with Gasteiger partial charge < -0.3 is 30.2 Å². The van der Waals surface area contributed by atoms with Gasteiger partial charge in [-0.1, -0.05) is 29.8 Å². The van der Waals surface area contributed by atoms with Crippen LogP contribution in [0.3, 0.4) is 0 Å². The van der Waals surface area contributed by atoms with E-state index in [-0.39, 0.29) is 28.2 Å². The number of hydrogen-bond donors (Lipinski definition) is 3. The van der Waals surface area contributed by atoms with Gasteiger partial charge >= 0.3 is 0 Å². The largest absolute Gasteiger partial charge is 0.493 e. The molecule has 5 aromatic rings. The van der Waals surface area contributed by atoms with Crippen molar-refractivity contribution >= 4 is 50.1 Å². The van der Waals surface area contributed by atoms with E-state index in [9.17, 15) is 13.2 Å². The van der Waals surface area contributed by atoms with Gasteiger partial charge in [-0.15, -0.1) is 0 Å². The number of rotatable bonds is 10. The minimum Gasteiger partial charge on any atom is -0.493 e. The Labute approximate surface area is 248 Å². The van der Waals surface area contributed by atoms with Crippen LogP contribution in [0.25, 0.3) is 11.0 Å². The highest BCUT2D eigenvalue weighted by Gasteiger charge is 2.23. The molecule has 3 aromatic carbocycles. The zero-order valence-electron chi connectivity index (χ0n) is 24.1. The number of amides is 1. The number of fused-ring (bicyclic) bond motifs is 1. The van der Waals surface area contributed by atoms with E-state index in [1.165, 1.54) is 34.6 Å². The van der Waals surface area contributed by atoms with Crippen molar-refractivity contribution in [2.24, 2.45) is 0 Å². The van der Waals surface area contributed by atoms with Crippen molar-refractivity contribution in [3.05, 3.63) is 84.1 Å². The van der Waals surface area contributed by atoms with E-state index in [1.807, 2.05) is 6.92 Å². The summed E-state index contributed by atoms with van der Waals surface area (Å²) in [4.78, 5) is 21.9. The van der Waals surface area contributed by atoms with Crippen LogP contribution in [0.4, 0.5) is 23.1 Å². The van der Waals surface area contributed by atoms with Crippen molar-refractivity contribution in [2.75, 3.05) is 39.0 Å². The standard InChI is InChI=1S/C30H30N6O6S/c1-18-10-12-20(13-11-18)43(38,39)36-15-14-22-27(33-23-9-7-6-8-21(23)29(37)31-2)34-30(35-28(22)36)32-19-16-24(40-3)26(42-5)25(17-19)41-4/h6-17H,1-5H3,(H,31,37)(H2,32,33,34,35). The molecule has 2 heterocycles. The Hall–Kier alpha value is -5.30. The van der Waals surface area contributed by atoms with Crippen LogP contribution < -0.4 is 30.2 Å². The van der Waals surface area contributed by atoms with Crippen molar-refractivity contribution < 1.29 is 27.4 Å². The third kappa shape index (κ3) is 5.62. The molecule has 2 aromatic heterocycles. The highest BCUT2D eigenvalue weighted by molar-refractivity contribution is 7.90. The second kappa shape index (κ2) is 11.9. The van der Waals surface area contributed by atoms with E-state index in [0.29, 0.717) is 39.6 Å². The Morgan fingerprint density at radius 1 is 0.860 bits per heavy atom. The molecule has 3 N–H and O–H groups in total. The van der Waals surface area contributed by atoms with E-state index >= 15 is 0 Å². The van der Waals surface area contributed by atoms with Gasteiger partial charge in [0.25, 0.3) is 15.9 Å². The molecule has 0 bridgehead atoms. The zero-order valence-corrected chi connectivity index (χ0v) is 24.9. The van der Waals surface area contributed by atoms with Crippen molar-refractivity contribution in [3.63, 3.8) is 0 Å². The van der Waals surface area contributed by atoms with E-state index < -0.39 is 10.0 Å². The molecule has 1 amide bonds. The normalized spacial score (nSPS) is 11.2. The number of nitrogens with zero attached hydrogens (tertiary/aromatic N) is 3. The number of ether oxygens (including phenoxy) is 3. The SMILES string of the molecule is CNC(=O)c1ccccc1Nc1nc(Nc2cc(OC)c(OC)c(OC)c2)nc2c1ccn2S(=O)(=O)c1ccc(C)cc1. The van der Waals surface area contributed by atoms with Gasteiger partial charge in [0.05, 0.1) is 42.9 Å². The second-order valence-corrected chi connectivity index (χ2v) is 11.2. The number of para-hydroxylation sites is 1. The molecule has 5 rings (SSSR count). The second-order valence-electron chi connectivity index (χ2n) is 9.35. The molecule has 0 unspecified atom stereocenters. The maximum absolute atomic E-state index is 13.7. The maximum Gasteiger partial charge on any atom is 0.269 e. The lowest BCUT2D eigenvalue weighted by molar-refractivity contribution is 0.0964. The number of nitrogens with one attached hydrogen (secondary N) is 3. The first-order chi connectivity index (χ1) is 20.7. The number of methoxy groups -OCH3 is 3. The topological polar surface area (TPSA) is 146 Å². The van der Waals surface area contributed by atoms with Crippen molar-refractivity contribution in [2.45, 2.75) is 11.8 Å². The minimum absolute atomic E-state index is 0.0701. The first-order valence-electron chi connectivity index (χ1n) is 13.1. The number of carbonyl (C=O) groups is 1. The first-order valence-corrected chi connectivity index (χ1v) is 14.5. The number of benzene rings is 3. The number of aryl methyl sites for hydroxylation is 1. The van der Waals surface area contributed by atoms with Crippen molar-refractivity contribution in [1.29, 1.82) is 0 Å². The van der Waals surface area contributed by atoms with Crippen LogP contribution in [-0.4, -0.2) is 56.6 Å². The molecule has 0 radical (unpaired) electrons. The summed E-state index contributed by atoms with van der Waals surface area (Å²) >= 11 is 0. The average Bonchev–Trinajstić information content (AvgIpc) is 3.46. The number of carbonyl (C=O) groups excluding carboxylic acids is 1. The highest BCUT2D eigenvalue weighted by Crippen LogP contribution is 2.41. The molecule has 0 saturated carbocycles. The molecule has 0 aliphatic rings. The maximum atomic E-state index is 13.7. The van der Waals surface area contributed by atoms with E-state index in [2.05, 4.69) is 25.9 Å². The Morgan fingerprint density at radius 2 is 1.53 bits per heavy atom. The summed E-state index contributed by atoms with van der Waals surface area (Å²) in [6, 6.07) is 18.4. The molecular weight excluding hydrogens is 572 g/mol. The smallest absolute Gasteiger partial charge is 0.269 e. The van der Waals surface area contributed by atoms with Crippen LogP contribution in [-0.2, 0) is 10.0 Å². The predicted octanol–water partition coefficient (Wildman–Crippen LogP) is 4.85. The fourth-order valence-electron chi connectivity index (χ4n) is 4.50. The molecule has 13 heteroatoms. The molecule has 0 spiro atoms. The predicted molar refractivity (Wildman–Crippen MR) is 164 cm³/mol. The molecule has 0 fully saturated rings. The fourth-order valence-corrected chi connectivity index (χ4v) is 5.79. The number of aromatic nitrogens is 3. The fraction of sp³-hybridized carbons (Fsp3) is 0.167. The molecule has 43 heavy (non-hydrogen) atoms. The first kappa shape index (κ1) is 29.2. The van der Waals surface area contributed by atoms with Crippen LogP contribution >= 0.6 is 0 Å². The summed E-state index contributed by atoms with van der Waals surface area (Å²) in [5.41, 5.74) is 2.38. The van der Waals surface area contributed by atoms with Gasteiger partial charge in [-0.05, 0) is 37.3 Å². The summed E-state index contributed by atoms with van der Waals surface area (Å²) in [7, 11) is 2.01. The van der Waals surface area contributed by atoms with Gasteiger partial charge in [-0.2, -0.15) is 9.97 Å². The molecule has 12 nitrogen and oxygen atoms in total. The third-order valence-electron chi connectivity index (χ3n) is 6.66. The Bertz CT molecular complexity index is 1900. The van der Waals surface area contributed by atoms with Crippen molar-refractivity contribution in [1.82, 2.24) is 19.3 Å². The monoisotopic (exact) mass is 602 g/mol. The van der Waals surface area contributed by atoms with E-state index in [0.717, 1.165) is 9.54 Å². The summed E-state index contributed by atoms with van der Waals surface area (Å²) in [6.07, 6.45) is 1.42. The van der Waals surface area contributed by atoms with Gasteiger partial charge in [0.1, 0.15) is 5.82 Å².